The lowest BCUT2D eigenvalue weighted by Gasteiger charge is -2.13. The van der Waals surface area contributed by atoms with Crippen LogP contribution in [-0.4, -0.2) is 29.7 Å². The number of benzene rings is 1. The number of carbonyl (C=O) groups is 1. The van der Waals surface area contributed by atoms with Gasteiger partial charge in [-0.15, -0.1) is 11.8 Å². The highest BCUT2D eigenvalue weighted by molar-refractivity contribution is 7.98. The van der Waals surface area contributed by atoms with Crippen LogP contribution in [0.3, 0.4) is 0 Å². The Hall–Kier alpha value is -1.83. The van der Waals surface area contributed by atoms with Gasteiger partial charge in [-0.05, 0) is 18.6 Å². The molecule has 0 radical (unpaired) electrons. The molecule has 24 heavy (non-hydrogen) atoms. The lowest BCUT2D eigenvalue weighted by atomic mass is 10.2. The number of aromatic nitrogens is 2. The Morgan fingerprint density at radius 2 is 2.21 bits per heavy atom. The molecule has 0 spiro atoms. The molecule has 0 saturated carbocycles. The third-order valence-electron chi connectivity index (χ3n) is 3.23. The first kappa shape index (κ1) is 18.5. The van der Waals surface area contributed by atoms with E-state index in [-0.39, 0.29) is 0 Å². The van der Waals surface area contributed by atoms with Crippen LogP contribution in [0.2, 0.25) is 5.02 Å². The number of hydrogen-bond donors (Lipinski definition) is 1. The molecule has 2 N–H and O–H groups in total. The van der Waals surface area contributed by atoms with Gasteiger partial charge < -0.3 is 15.2 Å². The number of esters is 1. The Labute approximate surface area is 149 Å². The SMILES string of the molecule is CCOC(=O)c1cncnc1CSc1c(CN)ccc(OC)c1Cl. The van der Waals surface area contributed by atoms with E-state index in [2.05, 4.69) is 9.97 Å². The molecule has 8 heteroatoms. The zero-order chi connectivity index (χ0) is 17.5. The van der Waals surface area contributed by atoms with Gasteiger partial charge in [0.25, 0.3) is 0 Å². The maximum absolute atomic E-state index is 12.0. The van der Waals surface area contributed by atoms with Crippen LogP contribution in [-0.2, 0) is 17.0 Å². The van der Waals surface area contributed by atoms with Crippen molar-refractivity contribution in [1.82, 2.24) is 9.97 Å². The molecule has 0 atom stereocenters. The second kappa shape index (κ2) is 8.86. The van der Waals surface area contributed by atoms with Gasteiger partial charge in [0.1, 0.15) is 17.6 Å². The van der Waals surface area contributed by atoms with Crippen LogP contribution in [0.5, 0.6) is 5.75 Å². The predicted molar refractivity (Wildman–Crippen MR) is 93.4 cm³/mol. The second-order valence-electron chi connectivity index (χ2n) is 4.67. The molecule has 0 aliphatic heterocycles. The van der Waals surface area contributed by atoms with Crippen molar-refractivity contribution in [2.45, 2.75) is 24.1 Å². The Morgan fingerprint density at radius 1 is 1.42 bits per heavy atom. The van der Waals surface area contributed by atoms with Crippen molar-refractivity contribution in [1.29, 1.82) is 0 Å². The van der Waals surface area contributed by atoms with Gasteiger partial charge in [0, 0.05) is 23.4 Å². The van der Waals surface area contributed by atoms with E-state index in [1.54, 1.807) is 20.1 Å². The Kier molecular flexibility index (Phi) is 6.84. The van der Waals surface area contributed by atoms with E-state index in [4.69, 9.17) is 26.8 Å². The molecule has 0 aliphatic carbocycles. The average Bonchev–Trinajstić information content (AvgIpc) is 2.60. The molecular weight excluding hydrogens is 350 g/mol. The first-order chi connectivity index (χ1) is 11.6. The van der Waals surface area contributed by atoms with Gasteiger partial charge in [-0.3, -0.25) is 0 Å². The summed E-state index contributed by atoms with van der Waals surface area (Å²) in [5.74, 6) is 0.561. The average molecular weight is 368 g/mol. The number of thioether (sulfide) groups is 1. The fraction of sp³-hybridized carbons (Fsp3) is 0.312. The zero-order valence-corrected chi connectivity index (χ0v) is 15.0. The third-order valence-corrected chi connectivity index (χ3v) is 4.89. The molecule has 0 fully saturated rings. The molecular formula is C16H18ClN3O3S. The molecule has 0 unspecified atom stereocenters. The number of nitrogens with two attached hydrogens (primary N) is 1. The summed E-state index contributed by atoms with van der Waals surface area (Å²) >= 11 is 7.83. The highest BCUT2D eigenvalue weighted by Gasteiger charge is 2.17. The summed E-state index contributed by atoms with van der Waals surface area (Å²) in [4.78, 5) is 20.9. The number of rotatable bonds is 7. The van der Waals surface area contributed by atoms with Crippen molar-refractivity contribution in [2.24, 2.45) is 5.73 Å². The van der Waals surface area contributed by atoms with E-state index in [0.29, 0.717) is 40.9 Å². The van der Waals surface area contributed by atoms with Gasteiger partial charge in [-0.25, -0.2) is 14.8 Å². The van der Waals surface area contributed by atoms with Crippen LogP contribution in [0, 0.1) is 0 Å². The number of halogens is 1. The standard InChI is InChI=1S/C16H18ClN3O3S/c1-3-23-16(21)11-7-19-9-20-12(11)8-24-15-10(6-18)4-5-13(22-2)14(15)17/h4-5,7,9H,3,6,8,18H2,1-2H3. The van der Waals surface area contributed by atoms with E-state index in [1.807, 2.05) is 6.07 Å². The lowest BCUT2D eigenvalue weighted by molar-refractivity contribution is 0.0524. The van der Waals surface area contributed by atoms with E-state index >= 15 is 0 Å². The van der Waals surface area contributed by atoms with E-state index in [0.717, 1.165) is 10.5 Å². The van der Waals surface area contributed by atoms with Crippen molar-refractivity contribution < 1.29 is 14.3 Å². The summed E-state index contributed by atoms with van der Waals surface area (Å²) in [5, 5.41) is 0.497. The fourth-order valence-electron chi connectivity index (χ4n) is 2.04. The zero-order valence-electron chi connectivity index (χ0n) is 13.4. The molecule has 0 aliphatic rings. The van der Waals surface area contributed by atoms with Gasteiger partial charge in [0.05, 0.1) is 24.4 Å². The van der Waals surface area contributed by atoms with Gasteiger partial charge in [0.2, 0.25) is 0 Å². The number of carbonyl (C=O) groups excluding carboxylic acids is 1. The van der Waals surface area contributed by atoms with E-state index in [1.165, 1.54) is 24.3 Å². The quantitative estimate of drug-likeness (QED) is 0.594. The molecule has 2 rings (SSSR count). The highest BCUT2D eigenvalue weighted by atomic mass is 35.5. The van der Waals surface area contributed by atoms with Crippen molar-refractivity contribution >= 4 is 29.3 Å². The van der Waals surface area contributed by atoms with Crippen molar-refractivity contribution in [2.75, 3.05) is 13.7 Å². The minimum absolute atomic E-state index is 0.291. The van der Waals surface area contributed by atoms with Crippen molar-refractivity contribution in [3.63, 3.8) is 0 Å². The van der Waals surface area contributed by atoms with Crippen LogP contribution in [0.25, 0.3) is 0 Å². The van der Waals surface area contributed by atoms with Crippen LogP contribution >= 0.6 is 23.4 Å². The third kappa shape index (κ3) is 4.17. The topological polar surface area (TPSA) is 87.3 Å². The van der Waals surface area contributed by atoms with Crippen LogP contribution < -0.4 is 10.5 Å². The predicted octanol–water partition coefficient (Wildman–Crippen LogP) is 3.07. The van der Waals surface area contributed by atoms with Crippen LogP contribution in [0.15, 0.2) is 29.6 Å². The minimum atomic E-state index is -0.440. The summed E-state index contributed by atoms with van der Waals surface area (Å²) < 4.78 is 10.3. The van der Waals surface area contributed by atoms with Crippen molar-refractivity contribution in [3.8, 4) is 5.75 Å². The molecule has 0 saturated heterocycles. The van der Waals surface area contributed by atoms with Crippen molar-refractivity contribution in [3.05, 3.63) is 46.5 Å². The number of nitrogens with zero attached hydrogens (tertiary/aromatic N) is 2. The van der Waals surface area contributed by atoms with Crippen LogP contribution in [0.4, 0.5) is 0 Å². The molecule has 0 bridgehead atoms. The van der Waals surface area contributed by atoms with Gasteiger partial charge in [-0.2, -0.15) is 0 Å². The first-order valence-corrected chi connectivity index (χ1v) is 8.62. The Morgan fingerprint density at radius 3 is 2.88 bits per heavy atom. The van der Waals surface area contributed by atoms with E-state index in [9.17, 15) is 4.79 Å². The lowest BCUT2D eigenvalue weighted by Crippen LogP contribution is -2.10. The number of methoxy groups -OCH3 is 1. The Bertz CT molecular complexity index is 728. The highest BCUT2D eigenvalue weighted by Crippen LogP contribution is 2.38. The summed E-state index contributed by atoms with van der Waals surface area (Å²) in [6.07, 6.45) is 2.85. The summed E-state index contributed by atoms with van der Waals surface area (Å²) in [5.41, 5.74) is 7.61. The molecule has 1 heterocycles. The Balaban J connectivity index is 2.27. The molecule has 128 valence electrons. The fourth-order valence-corrected chi connectivity index (χ4v) is 3.54. The molecule has 2 aromatic rings. The number of hydrogen-bond acceptors (Lipinski definition) is 7. The molecule has 6 nitrogen and oxygen atoms in total. The van der Waals surface area contributed by atoms with Gasteiger partial charge in [0.15, 0.2) is 0 Å². The molecule has 1 aromatic heterocycles. The van der Waals surface area contributed by atoms with Crippen LogP contribution in [0.1, 0.15) is 28.5 Å². The smallest absolute Gasteiger partial charge is 0.341 e. The summed E-state index contributed by atoms with van der Waals surface area (Å²) in [7, 11) is 1.56. The maximum atomic E-state index is 12.0. The second-order valence-corrected chi connectivity index (χ2v) is 6.03. The number of ether oxygens (including phenoxy) is 2. The molecule has 0 amide bonds. The van der Waals surface area contributed by atoms with E-state index < -0.39 is 5.97 Å². The largest absolute Gasteiger partial charge is 0.495 e. The minimum Gasteiger partial charge on any atom is -0.495 e. The summed E-state index contributed by atoms with van der Waals surface area (Å²) in [6.45, 7) is 2.39. The maximum Gasteiger partial charge on any atom is 0.341 e. The molecule has 1 aromatic carbocycles. The van der Waals surface area contributed by atoms with Gasteiger partial charge >= 0.3 is 5.97 Å². The normalized spacial score (nSPS) is 10.5. The first-order valence-electron chi connectivity index (χ1n) is 7.26. The van der Waals surface area contributed by atoms with Gasteiger partial charge in [-0.1, -0.05) is 17.7 Å². The monoisotopic (exact) mass is 367 g/mol. The summed E-state index contributed by atoms with van der Waals surface area (Å²) in [6, 6.07) is 3.66.